The second-order valence-electron chi connectivity index (χ2n) is 6.30. The number of carboxylic acid groups (broad SMARTS) is 1. The molecule has 2 aromatic rings. The monoisotopic (exact) mass is 440 g/mol. The van der Waals surface area contributed by atoms with Gasteiger partial charge in [-0.15, -0.1) is 11.8 Å². The molecule has 0 fully saturated rings. The molecule has 0 aliphatic heterocycles. The molecule has 6 nitrogen and oxygen atoms in total. The van der Waals surface area contributed by atoms with Gasteiger partial charge >= 0.3 is 12.1 Å². The molecule has 0 aromatic heterocycles. The number of hydrogen-bond acceptors (Lipinski definition) is 4. The van der Waals surface area contributed by atoms with E-state index in [9.17, 15) is 27.6 Å². The fraction of sp³-hybridized carbons (Fsp3) is 0.250. The summed E-state index contributed by atoms with van der Waals surface area (Å²) in [6, 6.07) is 11.0. The van der Waals surface area contributed by atoms with Gasteiger partial charge in [0.25, 0.3) is 0 Å². The van der Waals surface area contributed by atoms with Gasteiger partial charge in [0.1, 0.15) is 0 Å². The standard InChI is InChI=1S/C20H19F3N2O4S/c1-12(19(29)25-14-5-2-4-13(10-14)20(21,22)23)30-16-7-3-6-15(11-16)24-17(26)8-9-18(27)28/h2-7,10-12H,8-9H2,1H3,(H,24,26)(H,25,29)(H,27,28). The minimum absolute atomic E-state index is 0.0433. The number of anilines is 2. The lowest BCUT2D eigenvalue weighted by Gasteiger charge is -2.14. The van der Waals surface area contributed by atoms with Gasteiger partial charge in [-0.25, -0.2) is 0 Å². The number of halogens is 3. The van der Waals surface area contributed by atoms with E-state index in [4.69, 9.17) is 5.11 Å². The maximum atomic E-state index is 12.8. The number of rotatable bonds is 8. The Morgan fingerprint density at radius 1 is 1.00 bits per heavy atom. The average Bonchev–Trinajstić information content (AvgIpc) is 2.66. The molecule has 0 saturated heterocycles. The number of hydrogen-bond donors (Lipinski definition) is 3. The second kappa shape index (κ2) is 10.1. The number of aliphatic carboxylic acids is 1. The van der Waals surface area contributed by atoms with E-state index in [1.54, 1.807) is 31.2 Å². The summed E-state index contributed by atoms with van der Waals surface area (Å²) in [4.78, 5) is 35.3. The fourth-order valence-corrected chi connectivity index (χ4v) is 3.29. The van der Waals surface area contributed by atoms with E-state index < -0.39 is 34.8 Å². The number of carbonyl (C=O) groups is 3. The summed E-state index contributed by atoms with van der Waals surface area (Å²) in [5, 5.41) is 13.0. The summed E-state index contributed by atoms with van der Waals surface area (Å²) in [5.74, 6) is -2.00. The first kappa shape index (κ1) is 23.3. The first-order chi connectivity index (χ1) is 14.0. The van der Waals surface area contributed by atoms with E-state index in [0.29, 0.717) is 10.6 Å². The molecule has 1 unspecified atom stereocenters. The van der Waals surface area contributed by atoms with Crippen LogP contribution in [0.2, 0.25) is 0 Å². The van der Waals surface area contributed by atoms with Crippen LogP contribution in [0, 0.1) is 0 Å². The Bertz CT molecular complexity index is 934. The average molecular weight is 440 g/mol. The minimum atomic E-state index is -4.50. The highest BCUT2D eigenvalue weighted by molar-refractivity contribution is 8.00. The van der Waals surface area contributed by atoms with Crippen molar-refractivity contribution in [3.05, 3.63) is 54.1 Å². The van der Waals surface area contributed by atoms with E-state index in [1.165, 1.54) is 12.1 Å². The smallest absolute Gasteiger partial charge is 0.416 e. The van der Waals surface area contributed by atoms with Gasteiger partial charge in [0, 0.05) is 22.7 Å². The molecule has 0 saturated carbocycles. The topological polar surface area (TPSA) is 95.5 Å². The molecular formula is C20H19F3N2O4S. The fourth-order valence-electron chi connectivity index (χ4n) is 2.37. The van der Waals surface area contributed by atoms with Gasteiger partial charge in [-0.3, -0.25) is 14.4 Å². The lowest BCUT2D eigenvalue weighted by Crippen LogP contribution is -2.22. The van der Waals surface area contributed by atoms with E-state index in [1.807, 2.05) is 0 Å². The Morgan fingerprint density at radius 3 is 2.27 bits per heavy atom. The minimum Gasteiger partial charge on any atom is -0.481 e. The SMILES string of the molecule is CC(Sc1cccc(NC(=O)CCC(=O)O)c1)C(=O)Nc1cccc(C(F)(F)F)c1. The lowest BCUT2D eigenvalue weighted by atomic mass is 10.2. The molecule has 2 rings (SSSR count). The van der Waals surface area contributed by atoms with Crippen LogP contribution >= 0.6 is 11.8 Å². The van der Waals surface area contributed by atoms with Crippen molar-refractivity contribution >= 4 is 40.9 Å². The van der Waals surface area contributed by atoms with Crippen molar-refractivity contribution in [2.24, 2.45) is 0 Å². The molecule has 0 aliphatic rings. The van der Waals surface area contributed by atoms with Crippen LogP contribution < -0.4 is 10.6 Å². The molecular weight excluding hydrogens is 421 g/mol. The largest absolute Gasteiger partial charge is 0.481 e. The Labute approximate surface area is 174 Å². The summed E-state index contributed by atoms with van der Waals surface area (Å²) in [5.41, 5.74) is -0.366. The first-order valence-corrected chi connectivity index (χ1v) is 9.69. The quantitative estimate of drug-likeness (QED) is 0.521. The van der Waals surface area contributed by atoms with Crippen molar-refractivity contribution in [3.8, 4) is 0 Å². The molecule has 160 valence electrons. The third-order valence-corrected chi connectivity index (χ3v) is 4.92. The maximum absolute atomic E-state index is 12.8. The highest BCUT2D eigenvalue weighted by Crippen LogP contribution is 2.31. The number of nitrogens with one attached hydrogen (secondary N) is 2. The van der Waals surface area contributed by atoms with Crippen molar-refractivity contribution in [1.82, 2.24) is 0 Å². The van der Waals surface area contributed by atoms with Crippen LogP contribution in [0.15, 0.2) is 53.4 Å². The number of carbonyl (C=O) groups excluding carboxylic acids is 2. The Morgan fingerprint density at radius 2 is 1.63 bits per heavy atom. The Balaban J connectivity index is 1.97. The van der Waals surface area contributed by atoms with Gasteiger partial charge in [-0.1, -0.05) is 12.1 Å². The van der Waals surface area contributed by atoms with Gasteiger partial charge in [0.2, 0.25) is 11.8 Å². The summed E-state index contributed by atoms with van der Waals surface area (Å²) in [6.07, 6.45) is -4.95. The molecule has 0 aliphatic carbocycles. The molecule has 0 heterocycles. The maximum Gasteiger partial charge on any atom is 0.416 e. The molecule has 10 heteroatoms. The highest BCUT2D eigenvalue weighted by atomic mass is 32.2. The van der Waals surface area contributed by atoms with Crippen LogP contribution in [0.4, 0.5) is 24.5 Å². The van der Waals surface area contributed by atoms with Crippen LogP contribution in [0.5, 0.6) is 0 Å². The zero-order chi connectivity index (χ0) is 22.3. The van der Waals surface area contributed by atoms with Crippen molar-refractivity contribution in [2.45, 2.75) is 36.1 Å². The van der Waals surface area contributed by atoms with Gasteiger partial charge in [-0.05, 0) is 43.3 Å². The third kappa shape index (κ3) is 7.43. The molecule has 0 bridgehead atoms. The zero-order valence-electron chi connectivity index (χ0n) is 15.8. The van der Waals surface area contributed by atoms with Crippen molar-refractivity contribution in [2.75, 3.05) is 10.6 Å². The van der Waals surface area contributed by atoms with Gasteiger partial charge < -0.3 is 15.7 Å². The predicted molar refractivity (Wildman–Crippen MR) is 107 cm³/mol. The van der Waals surface area contributed by atoms with E-state index in [0.717, 1.165) is 23.9 Å². The van der Waals surface area contributed by atoms with Crippen LogP contribution in [-0.2, 0) is 20.6 Å². The summed E-state index contributed by atoms with van der Waals surface area (Å²) in [7, 11) is 0. The van der Waals surface area contributed by atoms with Crippen molar-refractivity contribution < 1.29 is 32.7 Å². The Hall–Kier alpha value is -3.01. The molecule has 2 amide bonds. The molecule has 3 N–H and O–H groups in total. The van der Waals surface area contributed by atoms with Crippen LogP contribution in [0.3, 0.4) is 0 Å². The van der Waals surface area contributed by atoms with Gasteiger partial charge in [0.15, 0.2) is 0 Å². The van der Waals surface area contributed by atoms with Crippen molar-refractivity contribution in [1.29, 1.82) is 0 Å². The van der Waals surface area contributed by atoms with Crippen molar-refractivity contribution in [3.63, 3.8) is 0 Å². The van der Waals surface area contributed by atoms with E-state index in [2.05, 4.69) is 10.6 Å². The molecule has 1 atom stereocenters. The summed E-state index contributed by atoms with van der Waals surface area (Å²) in [6.45, 7) is 1.60. The van der Waals surface area contributed by atoms with Gasteiger partial charge in [0.05, 0.1) is 17.2 Å². The normalized spacial score (nSPS) is 12.1. The summed E-state index contributed by atoms with van der Waals surface area (Å²) >= 11 is 1.16. The first-order valence-electron chi connectivity index (χ1n) is 8.81. The van der Waals surface area contributed by atoms with Gasteiger partial charge in [-0.2, -0.15) is 13.2 Å². The molecule has 30 heavy (non-hydrogen) atoms. The summed E-state index contributed by atoms with van der Waals surface area (Å²) < 4.78 is 38.4. The van der Waals surface area contributed by atoms with Crippen LogP contribution in [0.25, 0.3) is 0 Å². The number of benzene rings is 2. The number of carboxylic acids is 1. The molecule has 0 radical (unpaired) electrons. The lowest BCUT2D eigenvalue weighted by molar-refractivity contribution is -0.138. The van der Waals surface area contributed by atoms with E-state index >= 15 is 0 Å². The second-order valence-corrected chi connectivity index (χ2v) is 7.71. The number of amides is 2. The molecule has 0 spiro atoms. The third-order valence-electron chi connectivity index (χ3n) is 3.82. The van der Waals surface area contributed by atoms with Crippen LogP contribution in [-0.4, -0.2) is 28.1 Å². The highest BCUT2D eigenvalue weighted by Gasteiger charge is 2.30. The van der Waals surface area contributed by atoms with E-state index in [-0.39, 0.29) is 18.5 Å². The molecule has 2 aromatic carbocycles. The number of alkyl halides is 3. The number of thioether (sulfide) groups is 1. The predicted octanol–water partition coefficient (Wildman–Crippen LogP) is 4.63. The zero-order valence-corrected chi connectivity index (χ0v) is 16.6. The Kier molecular flexibility index (Phi) is 7.87. The van der Waals surface area contributed by atoms with Crippen LogP contribution in [0.1, 0.15) is 25.3 Å².